The van der Waals surface area contributed by atoms with Gasteiger partial charge in [-0.2, -0.15) is 0 Å². The molecule has 1 heterocycles. The predicted molar refractivity (Wildman–Crippen MR) is 66.3 cm³/mol. The van der Waals surface area contributed by atoms with Crippen LogP contribution in [0.5, 0.6) is 0 Å². The number of fused-ring (bicyclic) bond motifs is 1. The summed E-state index contributed by atoms with van der Waals surface area (Å²) in [6.45, 7) is 2.07. The SMILES string of the molecule is Cc1cccc2c1N(C)C(CC(=O)O)CS2. The van der Waals surface area contributed by atoms with Crippen LogP contribution in [-0.4, -0.2) is 29.9 Å². The Balaban J connectivity index is 2.30. The highest BCUT2D eigenvalue weighted by Gasteiger charge is 2.26. The third-order valence-electron chi connectivity index (χ3n) is 2.94. The number of benzene rings is 1. The zero-order chi connectivity index (χ0) is 11.7. The molecule has 1 unspecified atom stereocenters. The van der Waals surface area contributed by atoms with Gasteiger partial charge in [-0.05, 0) is 18.6 Å². The number of para-hydroxylation sites is 1. The summed E-state index contributed by atoms with van der Waals surface area (Å²) in [4.78, 5) is 14.1. The van der Waals surface area contributed by atoms with Crippen LogP contribution in [0.1, 0.15) is 12.0 Å². The molecule has 1 N–H and O–H groups in total. The highest BCUT2D eigenvalue weighted by atomic mass is 32.2. The molecule has 0 aliphatic carbocycles. The van der Waals surface area contributed by atoms with Crippen molar-refractivity contribution >= 4 is 23.4 Å². The van der Waals surface area contributed by atoms with Gasteiger partial charge in [0, 0.05) is 23.7 Å². The lowest BCUT2D eigenvalue weighted by Crippen LogP contribution is -2.38. The van der Waals surface area contributed by atoms with Crippen molar-refractivity contribution in [3.8, 4) is 0 Å². The first-order valence-corrected chi connectivity index (χ1v) is 6.25. The molecule has 0 aromatic heterocycles. The van der Waals surface area contributed by atoms with Crippen LogP contribution >= 0.6 is 11.8 Å². The number of anilines is 1. The van der Waals surface area contributed by atoms with Gasteiger partial charge < -0.3 is 10.0 Å². The molecular weight excluding hydrogens is 222 g/mol. The highest BCUT2D eigenvalue weighted by molar-refractivity contribution is 7.99. The number of aliphatic carboxylic acids is 1. The molecule has 86 valence electrons. The monoisotopic (exact) mass is 237 g/mol. The molecule has 1 aromatic carbocycles. The Morgan fingerprint density at radius 3 is 3.06 bits per heavy atom. The van der Waals surface area contributed by atoms with Crippen molar-refractivity contribution in [2.24, 2.45) is 0 Å². The van der Waals surface area contributed by atoms with Gasteiger partial charge in [0.2, 0.25) is 0 Å². The van der Waals surface area contributed by atoms with Crippen molar-refractivity contribution in [3.05, 3.63) is 23.8 Å². The second-order valence-electron chi connectivity index (χ2n) is 4.10. The summed E-state index contributed by atoms with van der Waals surface area (Å²) in [7, 11) is 1.99. The van der Waals surface area contributed by atoms with Crippen LogP contribution in [0.15, 0.2) is 23.1 Å². The van der Waals surface area contributed by atoms with Crippen molar-refractivity contribution in [2.45, 2.75) is 24.3 Å². The van der Waals surface area contributed by atoms with E-state index in [1.54, 1.807) is 11.8 Å². The molecule has 0 spiro atoms. The third-order valence-corrected chi connectivity index (χ3v) is 4.13. The lowest BCUT2D eigenvalue weighted by Gasteiger charge is -2.35. The summed E-state index contributed by atoms with van der Waals surface area (Å²) < 4.78 is 0. The van der Waals surface area contributed by atoms with Gasteiger partial charge in [0.25, 0.3) is 0 Å². The van der Waals surface area contributed by atoms with Crippen LogP contribution in [0, 0.1) is 6.92 Å². The first kappa shape index (κ1) is 11.3. The lowest BCUT2D eigenvalue weighted by atomic mass is 10.1. The van der Waals surface area contributed by atoms with Crippen LogP contribution in [0.2, 0.25) is 0 Å². The van der Waals surface area contributed by atoms with Gasteiger partial charge in [0.05, 0.1) is 12.1 Å². The van der Waals surface area contributed by atoms with E-state index < -0.39 is 5.97 Å². The zero-order valence-corrected chi connectivity index (χ0v) is 10.3. The minimum atomic E-state index is -0.727. The second-order valence-corrected chi connectivity index (χ2v) is 5.16. The van der Waals surface area contributed by atoms with Gasteiger partial charge in [-0.15, -0.1) is 11.8 Å². The van der Waals surface area contributed by atoms with E-state index in [4.69, 9.17) is 5.11 Å². The molecule has 1 aromatic rings. The van der Waals surface area contributed by atoms with E-state index in [-0.39, 0.29) is 12.5 Å². The quantitative estimate of drug-likeness (QED) is 0.857. The molecule has 0 saturated carbocycles. The number of carbonyl (C=O) groups is 1. The number of carboxylic acids is 1. The van der Waals surface area contributed by atoms with E-state index >= 15 is 0 Å². The number of carboxylic acid groups (broad SMARTS) is 1. The molecule has 1 aliphatic heterocycles. The Bertz CT molecular complexity index is 419. The lowest BCUT2D eigenvalue weighted by molar-refractivity contribution is -0.137. The predicted octanol–water partition coefficient (Wildman–Crippen LogP) is 2.38. The smallest absolute Gasteiger partial charge is 0.305 e. The number of hydrogen-bond donors (Lipinski definition) is 1. The van der Waals surface area contributed by atoms with Crippen LogP contribution in [-0.2, 0) is 4.79 Å². The van der Waals surface area contributed by atoms with Crippen LogP contribution in [0.3, 0.4) is 0 Å². The Morgan fingerprint density at radius 2 is 2.38 bits per heavy atom. The summed E-state index contributed by atoms with van der Waals surface area (Å²) in [5.74, 6) is 0.119. The maximum Gasteiger partial charge on any atom is 0.305 e. The van der Waals surface area contributed by atoms with E-state index in [0.29, 0.717) is 0 Å². The van der Waals surface area contributed by atoms with Gasteiger partial charge in [0.15, 0.2) is 0 Å². The molecule has 16 heavy (non-hydrogen) atoms. The summed E-state index contributed by atoms with van der Waals surface area (Å²) in [6, 6.07) is 6.31. The first-order chi connectivity index (χ1) is 7.59. The minimum Gasteiger partial charge on any atom is -0.481 e. The van der Waals surface area contributed by atoms with Crippen molar-refractivity contribution in [1.82, 2.24) is 0 Å². The number of aryl methyl sites for hydroxylation is 1. The van der Waals surface area contributed by atoms with Gasteiger partial charge in [-0.1, -0.05) is 12.1 Å². The maximum absolute atomic E-state index is 10.8. The van der Waals surface area contributed by atoms with Crippen molar-refractivity contribution < 1.29 is 9.90 Å². The van der Waals surface area contributed by atoms with E-state index in [1.165, 1.54) is 16.1 Å². The molecule has 2 rings (SSSR count). The second kappa shape index (κ2) is 4.37. The Morgan fingerprint density at radius 1 is 1.62 bits per heavy atom. The molecule has 4 heteroatoms. The molecule has 1 atom stereocenters. The van der Waals surface area contributed by atoms with Crippen molar-refractivity contribution in [1.29, 1.82) is 0 Å². The minimum absolute atomic E-state index is 0.0936. The molecule has 0 radical (unpaired) electrons. The largest absolute Gasteiger partial charge is 0.481 e. The van der Waals surface area contributed by atoms with Crippen molar-refractivity contribution in [2.75, 3.05) is 17.7 Å². The Labute approximate surface area is 99.5 Å². The first-order valence-electron chi connectivity index (χ1n) is 5.26. The van der Waals surface area contributed by atoms with E-state index in [1.807, 2.05) is 13.1 Å². The molecule has 0 bridgehead atoms. The summed E-state index contributed by atoms with van der Waals surface area (Å²) in [5.41, 5.74) is 2.40. The average Bonchev–Trinajstić information content (AvgIpc) is 2.22. The topological polar surface area (TPSA) is 40.5 Å². The molecule has 0 amide bonds. The molecule has 1 aliphatic rings. The maximum atomic E-state index is 10.8. The number of thioether (sulfide) groups is 1. The fraction of sp³-hybridized carbons (Fsp3) is 0.417. The zero-order valence-electron chi connectivity index (χ0n) is 9.43. The van der Waals surface area contributed by atoms with Gasteiger partial charge >= 0.3 is 5.97 Å². The normalized spacial score (nSPS) is 19.4. The summed E-state index contributed by atoms with van der Waals surface area (Å²) >= 11 is 1.75. The van der Waals surface area contributed by atoms with E-state index in [0.717, 1.165) is 5.75 Å². The van der Waals surface area contributed by atoms with Gasteiger partial charge in [-0.25, -0.2) is 0 Å². The summed E-state index contributed by atoms with van der Waals surface area (Å²) in [6.07, 6.45) is 0.206. The molecular formula is C12H15NO2S. The van der Waals surface area contributed by atoms with Gasteiger partial charge in [0.1, 0.15) is 0 Å². The van der Waals surface area contributed by atoms with Gasteiger partial charge in [-0.3, -0.25) is 4.79 Å². The number of hydrogen-bond acceptors (Lipinski definition) is 3. The van der Waals surface area contributed by atoms with Crippen molar-refractivity contribution in [3.63, 3.8) is 0 Å². The highest BCUT2D eigenvalue weighted by Crippen LogP contribution is 2.39. The standard InChI is InChI=1S/C12H15NO2S/c1-8-4-3-5-10-12(8)13(2)9(7-16-10)6-11(14)15/h3-5,9H,6-7H2,1-2H3,(H,14,15). The number of rotatable bonds is 2. The van der Waals surface area contributed by atoms with Crippen LogP contribution in [0.4, 0.5) is 5.69 Å². The average molecular weight is 237 g/mol. The fourth-order valence-corrected chi connectivity index (χ4v) is 3.41. The van der Waals surface area contributed by atoms with Crippen LogP contribution in [0.25, 0.3) is 0 Å². The molecule has 0 saturated heterocycles. The Hall–Kier alpha value is -1.16. The summed E-state index contributed by atoms with van der Waals surface area (Å²) in [5, 5.41) is 8.86. The number of nitrogens with zero attached hydrogens (tertiary/aromatic N) is 1. The third kappa shape index (κ3) is 2.02. The van der Waals surface area contributed by atoms with Crippen LogP contribution < -0.4 is 4.90 Å². The fourth-order valence-electron chi connectivity index (χ4n) is 2.08. The molecule has 0 fully saturated rings. The van der Waals surface area contributed by atoms with E-state index in [9.17, 15) is 4.79 Å². The molecule has 3 nitrogen and oxygen atoms in total. The Kier molecular flexibility index (Phi) is 3.10. The van der Waals surface area contributed by atoms with E-state index in [2.05, 4.69) is 24.0 Å².